The molecule has 2 aromatic carbocycles. The zero-order valence-electron chi connectivity index (χ0n) is 22.5. The van der Waals surface area contributed by atoms with Crippen LogP contribution >= 0.6 is 0 Å². The van der Waals surface area contributed by atoms with Gasteiger partial charge >= 0.3 is 11.9 Å². The molecule has 3 N–H and O–H groups in total. The predicted molar refractivity (Wildman–Crippen MR) is 146 cm³/mol. The maximum absolute atomic E-state index is 13.0. The molecule has 4 rings (SSSR count). The van der Waals surface area contributed by atoms with Crippen molar-refractivity contribution in [2.75, 3.05) is 19.6 Å². The molecule has 0 unspecified atom stereocenters. The van der Waals surface area contributed by atoms with E-state index in [0.29, 0.717) is 35.7 Å². The second-order valence-electron chi connectivity index (χ2n) is 9.46. The van der Waals surface area contributed by atoms with E-state index < -0.39 is 11.9 Å². The molecule has 0 radical (unpaired) electrons. The van der Waals surface area contributed by atoms with Gasteiger partial charge in [0.05, 0.1) is 0 Å². The maximum atomic E-state index is 13.0. The highest BCUT2D eigenvalue weighted by molar-refractivity contribution is 5.94. The number of piperidine rings is 1. The number of hydrogen-bond donors (Lipinski definition) is 3. The van der Waals surface area contributed by atoms with Crippen LogP contribution in [0.25, 0.3) is 11.5 Å². The summed E-state index contributed by atoms with van der Waals surface area (Å²) in [6.07, 6.45) is 4.15. The smallest absolute Gasteiger partial charge is 0.328 e. The van der Waals surface area contributed by atoms with Gasteiger partial charge in [-0.05, 0) is 75.0 Å². The van der Waals surface area contributed by atoms with Crippen LogP contribution in [0, 0.1) is 11.7 Å². The van der Waals surface area contributed by atoms with E-state index >= 15 is 0 Å². The van der Waals surface area contributed by atoms with Crippen molar-refractivity contribution in [2.24, 2.45) is 5.92 Å². The van der Waals surface area contributed by atoms with E-state index in [9.17, 15) is 23.6 Å². The SMILES string of the molecule is CC(=O)c1ccc(-c2nc(C(=O)NCCC3CCN(Cc4ccc(F)cc4)CC3)no2)cc1.O=C(O)/C=C/C(=O)O. The summed E-state index contributed by atoms with van der Waals surface area (Å²) in [4.78, 5) is 49.4. The summed E-state index contributed by atoms with van der Waals surface area (Å²) in [6.45, 7) is 4.88. The Balaban J connectivity index is 0.000000507. The predicted octanol–water partition coefficient (Wildman–Crippen LogP) is 3.82. The second kappa shape index (κ2) is 15.2. The van der Waals surface area contributed by atoms with E-state index in [2.05, 4.69) is 20.4 Å². The van der Waals surface area contributed by atoms with Gasteiger partial charge in [-0.15, -0.1) is 0 Å². The summed E-state index contributed by atoms with van der Waals surface area (Å²) in [5.41, 5.74) is 2.37. The monoisotopic (exact) mass is 566 g/mol. The second-order valence-corrected chi connectivity index (χ2v) is 9.46. The molecule has 1 saturated heterocycles. The summed E-state index contributed by atoms with van der Waals surface area (Å²) in [5.74, 6) is -2.32. The Labute approximate surface area is 235 Å². The summed E-state index contributed by atoms with van der Waals surface area (Å²) in [7, 11) is 0. The molecule has 1 aliphatic heterocycles. The number of carboxylic acids is 2. The maximum Gasteiger partial charge on any atom is 0.328 e. The van der Waals surface area contributed by atoms with E-state index in [-0.39, 0.29) is 29.2 Å². The Kier molecular flexibility index (Phi) is 11.4. The van der Waals surface area contributed by atoms with Gasteiger partial charge in [0.1, 0.15) is 5.82 Å². The van der Waals surface area contributed by atoms with Gasteiger partial charge in [-0.25, -0.2) is 14.0 Å². The molecule has 1 fully saturated rings. The first-order valence-corrected chi connectivity index (χ1v) is 12.9. The van der Waals surface area contributed by atoms with Gasteiger partial charge in [0, 0.05) is 36.4 Å². The number of likely N-dealkylation sites (tertiary alicyclic amines) is 1. The van der Waals surface area contributed by atoms with Crippen LogP contribution < -0.4 is 5.32 Å². The Hall–Kier alpha value is -4.71. The number of halogens is 1. The minimum Gasteiger partial charge on any atom is -0.478 e. The number of Topliss-reactive ketones (excluding diaryl/α,β-unsaturated/α-hetero) is 1. The standard InChI is InChI=1S/C25H27FN4O3.C4H4O4/c1-17(31)20-4-6-21(7-5-20)25-28-23(29-33-25)24(32)27-13-10-18-11-14-30(15-12-18)16-19-2-8-22(26)9-3-19;5-3(6)1-2-4(7)8/h2-9,18H,10-16H2,1H3,(H,27,32);1-2H,(H,5,6)(H,7,8)/b;2-1+. The van der Waals surface area contributed by atoms with Gasteiger partial charge in [0.15, 0.2) is 5.78 Å². The molecule has 0 aliphatic carbocycles. The Morgan fingerprint density at radius 2 is 1.61 bits per heavy atom. The van der Waals surface area contributed by atoms with Crippen LogP contribution in [-0.4, -0.2) is 68.5 Å². The number of aliphatic carboxylic acids is 2. The average Bonchev–Trinajstić information content (AvgIpc) is 3.45. The van der Waals surface area contributed by atoms with Crippen molar-refractivity contribution >= 4 is 23.6 Å². The summed E-state index contributed by atoms with van der Waals surface area (Å²) >= 11 is 0. The molecule has 0 saturated carbocycles. The van der Waals surface area contributed by atoms with E-state index in [1.165, 1.54) is 19.1 Å². The lowest BCUT2D eigenvalue weighted by Gasteiger charge is -2.32. The van der Waals surface area contributed by atoms with Crippen LogP contribution in [0.4, 0.5) is 4.39 Å². The van der Waals surface area contributed by atoms with Crippen molar-refractivity contribution < 1.29 is 38.3 Å². The van der Waals surface area contributed by atoms with Crippen LogP contribution in [-0.2, 0) is 16.1 Å². The third-order valence-corrected chi connectivity index (χ3v) is 6.40. The van der Waals surface area contributed by atoms with Crippen LogP contribution in [0.1, 0.15) is 52.7 Å². The van der Waals surface area contributed by atoms with Crippen molar-refractivity contribution in [3.63, 3.8) is 0 Å². The highest BCUT2D eigenvalue weighted by Gasteiger charge is 2.20. The highest BCUT2D eigenvalue weighted by atomic mass is 19.1. The average molecular weight is 567 g/mol. The van der Waals surface area contributed by atoms with Gasteiger partial charge in [-0.2, -0.15) is 4.98 Å². The number of nitrogens with one attached hydrogen (secondary N) is 1. The number of amides is 1. The minimum atomic E-state index is -1.26. The number of ketones is 1. The van der Waals surface area contributed by atoms with Crippen molar-refractivity contribution in [1.82, 2.24) is 20.4 Å². The Morgan fingerprint density at radius 3 is 2.17 bits per heavy atom. The van der Waals surface area contributed by atoms with Gasteiger partial charge in [-0.1, -0.05) is 29.4 Å². The molecule has 41 heavy (non-hydrogen) atoms. The first-order valence-electron chi connectivity index (χ1n) is 12.9. The van der Waals surface area contributed by atoms with E-state index in [4.69, 9.17) is 14.7 Å². The van der Waals surface area contributed by atoms with Crippen LogP contribution in [0.5, 0.6) is 0 Å². The number of aromatic nitrogens is 2. The number of carbonyl (C=O) groups excluding carboxylic acids is 2. The first-order chi connectivity index (χ1) is 19.6. The van der Waals surface area contributed by atoms with Gasteiger partial charge in [0.2, 0.25) is 0 Å². The van der Waals surface area contributed by atoms with Crippen LogP contribution in [0.2, 0.25) is 0 Å². The number of nitrogens with zero attached hydrogens (tertiary/aromatic N) is 3. The van der Waals surface area contributed by atoms with Gasteiger partial charge in [-0.3, -0.25) is 14.5 Å². The first kappa shape index (κ1) is 30.8. The molecule has 11 nitrogen and oxygen atoms in total. The largest absolute Gasteiger partial charge is 0.478 e. The molecule has 0 spiro atoms. The number of carbonyl (C=O) groups is 4. The summed E-state index contributed by atoms with van der Waals surface area (Å²) < 4.78 is 18.3. The van der Waals surface area contributed by atoms with E-state index in [1.54, 1.807) is 24.3 Å². The van der Waals surface area contributed by atoms with E-state index in [0.717, 1.165) is 44.5 Å². The minimum absolute atomic E-state index is 0.00485. The lowest BCUT2D eigenvalue weighted by atomic mass is 9.93. The fourth-order valence-corrected chi connectivity index (χ4v) is 4.17. The number of hydrogen-bond acceptors (Lipinski definition) is 8. The van der Waals surface area contributed by atoms with Crippen molar-refractivity contribution in [3.05, 3.63) is 83.5 Å². The number of benzene rings is 2. The van der Waals surface area contributed by atoms with Crippen LogP contribution in [0.15, 0.2) is 65.2 Å². The quantitative estimate of drug-likeness (QED) is 0.243. The van der Waals surface area contributed by atoms with Gasteiger partial charge in [0.25, 0.3) is 17.6 Å². The zero-order valence-corrected chi connectivity index (χ0v) is 22.5. The number of rotatable bonds is 10. The van der Waals surface area contributed by atoms with Gasteiger partial charge < -0.3 is 20.1 Å². The third-order valence-electron chi connectivity index (χ3n) is 6.40. The summed E-state index contributed by atoms with van der Waals surface area (Å²) in [5, 5.41) is 22.3. The van der Waals surface area contributed by atoms with Crippen LogP contribution in [0.3, 0.4) is 0 Å². The normalized spacial score (nSPS) is 13.8. The molecule has 2 heterocycles. The lowest BCUT2D eigenvalue weighted by molar-refractivity contribution is -0.134. The fourth-order valence-electron chi connectivity index (χ4n) is 4.17. The number of carboxylic acid groups (broad SMARTS) is 2. The molecular formula is C29H31FN4O7. The van der Waals surface area contributed by atoms with E-state index in [1.807, 2.05) is 12.1 Å². The lowest BCUT2D eigenvalue weighted by Crippen LogP contribution is -2.35. The Bertz CT molecular complexity index is 1350. The molecule has 0 atom stereocenters. The summed E-state index contributed by atoms with van der Waals surface area (Å²) in [6, 6.07) is 13.5. The molecule has 1 aliphatic rings. The zero-order chi connectivity index (χ0) is 29.8. The molecule has 216 valence electrons. The molecular weight excluding hydrogens is 535 g/mol. The topological polar surface area (TPSA) is 163 Å². The molecule has 3 aromatic rings. The fraction of sp³-hybridized carbons (Fsp3) is 0.310. The molecule has 0 bridgehead atoms. The molecule has 12 heteroatoms. The van der Waals surface area contributed by atoms with Crippen molar-refractivity contribution in [3.8, 4) is 11.5 Å². The molecule has 1 amide bonds. The Morgan fingerprint density at radius 1 is 1.00 bits per heavy atom. The van der Waals surface area contributed by atoms with Crippen molar-refractivity contribution in [2.45, 2.75) is 32.7 Å². The molecule has 1 aromatic heterocycles. The third kappa shape index (κ3) is 10.4. The highest BCUT2D eigenvalue weighted by Crippen LogP contribution is 2.22. The van der Waals surface area contributed by atoms with Crippen molar-refractivity contribution in [1.29, 1.82) is 0 Å².